The second kappa shape index (κ2) is 3.92. The molecule has 0 spiro atoms. The van der Waals surface area contributed by atoms with Crippen molar-refractivity contribution in [3.05, 3.63) is 34.4 Å². The first-order valence-corrected chi connectivity index (χ1v) is 6.37. The minimum Gasteiger partial charge on any atom is -0.324 e. The van der Waals surface area contributed by atoms with Crippen LogP contribution in [0.5, 0.6) is 0 Å². The molecule has 2 N–H and O–H groups in total. The first-order chi connectivity index (χ1) is 8.09. The third-order valence-electron chi connectivity index (χ3n) is 4.29. The Kier molecular flexibility index (Phi) is 2.64. The summed E-state index contributed by atoms with van der Waals surface area (Å²) in [5.74, 6) is -0.0259. The smallest absolute Gasteiger partial charge is 0.160 e. The van der Waals surface area contributed by atoms with Gasteiger partial charge in [-0.15, -0.1) is 0 Å². The Balaban J connectivity index is 1.87. The summed E-state index contributed by atoms with van der Waals surface area (Å²) in [6.07, 6.45) is 3.69. The summed E-state index contributed by atoms with van der Waals surface area (Å²) in [5.41, 5.74) is 6.68. The highest BCUT2D eigenvalue weighted by Gasteiger charge is 2.55. The predicted octanol–water partition coefficient (Wildman–Crippen LogP) is 3.66. The van der Waals surface area contributed by atoms with Crippen LogP contribution in [-0.2, 0) is 0 Å². The highest BCUT2D eigenvalue weighted by molar-refractivity contribution is 6.31. The van der Waals surface area contributed by atoms with Crippen LogP contribution < -0.4 is 5.73 Å². The summed E-state index contributed by atoms with van der Waals surface area (Å²) in [6, 6.07) is 1.91. The number of halogens is 3. The molecule has 3 rings (SSSR count). The Morgan fingerprint density at radius 1 is 1.18 bits per heavy atom. The van der Waals surface area contributed by atoms with Crippen LogP contribution in [0.15, 0.2) is 12.1 Å². The number of fused-ring (bicyclic) bond motifs is 1. The molecule has 2 aliphatic rings. The van der Waals surface area contributed by atoms with Crippen molar-refractivity contribution in [1.29, 1.82) is 0 Å². The van der Waals surface area contributed by atoms with Gasteiger partial charge in [-0.1, -0.05) is 18.0 Å². The maximum absolute atomic E-state index is 13.2. The van der Waals surface area contributed by atoms with Crippen LogP contribution >= 0.6 is 11.6 Å². The van der Waals surface area contributed by atoms with Crippen LogP contribution in [0.1, 0.15) is 30.9 Å². The summed E-state index contributed by atoms with van der Waals surface area (Å²) in [6.45, 7) is 0. The van der Waals surface area contributed by atoms with Crippen molar-refractivity contribution < 1.29 is 8.78 Å². The highest BCUT2D eigenvalue weighted by atomic mass is 35.5. The quantitative estimate of drug-likeness (QED) is 0.804. The van der Waals surface area contributed by atoms with Crippen LogP contribution in [0.3, 0.4) is 0 Å². The molecule has 0 saturated heterocycles. The Morgan fingerprint density at radius 3 is 2.41 bits per heavy atom. The van der Waals surface area contributed by atoms with Gasteiger partial charge in [-0.25, -0.2) is 8.78 Å². The molecule has 2 aliphatic carbocycles. The van der Waals surface area contributed by atoms with E-state index in [4.69, 9.17) is 17.3 Å². The fraction of sp³-hybridized carbons (Fsp3) is 0.538. The minimum atomic E-state index is -0.915. The molecule has 0 bridgehead atoms. The van der Waals surface area contributed by atoms with E-state index in [-0.39, 0.29) is 11.1 Å². The predicted molar refractivity (Wildman–Crippen MR) is 62.6 cm³/mol. The van der Waals surface area contributed by atoms with Gasteiger partial charge in [0.15, 0.2) is 11.6 Å². The average Bonchev–Trinajstić information content (AvgIpc) is 2.76. The summed E-state index contributed by atoms with van der Waals surface area (Å²) < 4.78 is 26.2. The van der Waals surface area contributed by atoms with Gasteiger partial charge in [0.1, 0.15) is 0 Å². The van der Waals surface area contributed by atoms with E-state index < -0.39 is 11.6 Å². The number of nitrogens with two attached hydrogens (primary N) is 1. The van der Waals surface area contributed by atoms with E-state index in [2.05, 4.69) is 0 Å². The summed E-state index contributed by atoms with van der Waals surface area (Å²) >= 11 is 5.94. The van der Waals surface area contributed by atoms with Crippen LogP contribution in [0.4, 0.5) is 8.78 Å². The van der Waals surface area contributed by atoms with Gasteiger partial charge in [0.2, 0.25) is 0 Å². The zero-order chi connectivity index (χ0) is 12.2. The third-order valence-corrected chi connectivity index (χ3v) is 4.61. The summed E-state index contributed by atoms with van der Waals surface area (Å²) in [5, 5.41) is 0.237. The van der Waals surface area contributed by atoms with Gasteiger partial charge in [-0.05, 0) is 48.3 Å². The average molecular weight is 258 g/mol. The maximum Gasteiger partial charge on any atom is 0.160 e. The molecule has 1 aromatic carbocycles. The standard InChI is InChI=1S/C13H14ClF2N/c14-9-5-11(16)10(15)4-8(9)13(17)12-6-2-1-3-7(6)12/h4-7,12-13H,1-3,17H2. The monoisotopic (exact) mass is 257 g/mol. The molecule has 0 aliphatic heterocycles. The number of hydrogen-bond acceptors (Lipinski definition) is 1. The molecule has 0 aromatic heterocycles. The van der Waals surface area contributed by atoms with Crippen molar-refractivity contribution >= 4 is 11.6 Å². The van der Waals surface area contributed by atoms with Crippen LogP contribution in [-0.4, -0.2) is 0 Å². The lowest BCUT2D eigenvalue weighted by Crippen LogP contribution is -2.16. The topological polar surface area (TPSA) is 26.0 Å². The van der Waals surface area contributed by atoms with Gasteiger partial charge in [0.05, 0.1) is 0 Å². The zero-order valence-electron chi connectivity index (χ0n) is 9.30. The second-order valence-corrected chi connectivity index (χ2v) is 5.56. The molecular weight excluding hydrogens is 244 g/mol. The van der Waals surface area contributed by atoms with Gasteiger partial charge in [-0.3, -0.25) is 0 Å². The van der Waals surface area contributed by atoms with Gasteiger partial charge < -0.3 is 5.73 Å². The van der Waals surface area contributed by atoms with Gasteiger partial charge in [-0.2, -0.15) is 0 Å². The molecule has 2 fully saturated rings. The minimum absolute atomic E-state index is 0.237. The largest absolute Gasteiger partial charge is 0.324 e. The molecule has 1 aromatic rings. The molecule has 3 atom stereocenters. The lowest BCUT2D eigenvalue weighted by molar-refractivity contribution is 0.484. The lowest BCUT2D eigenvalue weighted by Gasteiger charge is -2.16. The third kappa shape index (κ3) is 1.76. The second-order valence-electron chi connectivity index (χ2n) is 5.15. The molecule has 0 radical (unpaired) electrons. The fourth-order valence-electron chi connectivity index (χ4n) is 3.41. The fourth-order valence-corrected chi connectivity index (χ4v) is 3.69. The van der Waals surface area contributed by atoms with Gasteiger partial charge in [0, 0.05) is 11.1 Å². The Hall–Kier alpha value is -0.670. The maximum atomic E-state index is 13.2. The first-order valence-electron chi connectivity index (χ1n) is 5.99. The van der Waals surface area contributed by atoms with E-state index in [0.717, 1.165) is 12.1 Å². The van der Waals surface area contributed by atoms with E-state index in [1.807, 2.05) is 0 Å². The van der Waals surface area contributed by atoms with Crippen LogP contribution in [0.2, 0.25) is 5.02 Å². The van der Waals surface area contributed by atoms with Crippen molar-refractivity contribution in [2.75, 3.05) is 0 Å². The van der Waals surface area contributed by atoms with E-state index in [9.17, 15) is 8.78 Å². The molecular formula is C13H14ClF2N. The normalized spacial score (nSPS) is 32.4. The van der Waals surface area contributed by atoms with Crippen molar-refractivity contribution in [3.8, 4) is 0 Å². The molecule has 0 amide bonds. The molecule has 17 heavy (non-hydrogen) atoms. The van der Waals surface area contributed by atoms with Gasteiger partial charge in [0.25, 0.3) is 0 Å². The Labute approximate surface area is 104 Å². The molecule has 3 unspecified atom stereocenters. The first kappa shape index (κ1) is 11.4. The zero-order valence-corrected chi connectivity index (χ0v) is 10.1. The van der Waals surface area contributed by atoms with Crippen molar-refractivity contribution in [3.63, 3.8) is 0 Å². The van der Waals surface area contributed by atoms with Crippen LogP contribution in [0, 0.1) is 29.4 Å². The highest BCUT2D eigenvalue weighted by Crippen LogP contribution is 2.61. The molecule has 2 saturated carbocycles. The van der Waals surface area contributed by atoms with Crippen molar-refractivity contribution in [2.45, 2.75) is 25.3 Å². The number of hydrogen-bond donors (Lipinski definition) is 1. The molecule has 0 heterocycles. The van der Waals surface area contributed by atoms with E-state index in [1.54, 1.807) is 0 Å². The number of benzene rings is 1. The summed E-state index contributed by atoms with van der Waals surface area (Å²) in [4.78, 5) is 0. The van der Waals surface area contributed by atoms with E-state index in [1.165, 1.54) is 19.3 Å². The SMILES string of the molecule is NC(c1cc(F)c(F)cc1Cl)C1C2CCCC21. The van der Waals surface area contributed by atoms with Crippen molar-refractivity contribution in [1.82, 2.24) is 0 Å². The molecule has 4 heteroatoms. The van der Waals surface area contributed by atoms with E-state index >= 15 is 0 Å². The Morgan fingerprint density at radius 2 is 1.76 bits per heavy atom. The molecule has 1 nitrogen and oxygen atoms in total. The van der Waals surface area contributed by atoms with Gasteiger partial charge >= 0.3 is 0 Å². The molecule has 92 valence electrons. The lowest BCUT2D eigenvalue weighted by atomic mass is 9.97. The summed E-state index contributed by atoms with van der Waals surface area (Å²) in [7, 11) is 0. The van der Waals surface area contributed by atoms with E-state index in [0.29, 0.717) is 23.3 Å². The van der Waals surface area contributed by atoms with Crippen LogP contribution in [0.25, 0.3) is 0 Å². The van der Waals surface area contributed by atoms with Crippen molar-refractivity contribution in [2.24, 2.45) is 23.5 Å². The number of rotatable bonds is 2. The Bertz CT molecular complexity index is 453.